The molecule has 1 aromatic heterocycles. The zero-order valence-electron chi connectivity index (χ0n) is 15.5. The quantitative estimate of drug-likeness (QED) is 0.624. The van der Waals surface area contributed by atoms with Crippen molar-refractivity contribution in [3.8, 4) is 11.6 Å². The lowest BCUT2D eigenvalue weighted by Gasteiger charge is -2.28. The van der Waals surface area contributed by atoms with Crippen LogP contribution in [0.4, 0.5) is 11.5 Å². The predicted molar refractivity (Wildman–Crippen MR) is 114 cm³/mol. The molecule has 1 fully saturated rings. The highest BCUT2D eigenvalue weighted by Gasteiger charge is 2.18. The molecule has 0 aliphatic carbocycles. The second-order valence-corrected chi connectivity index (χ2v) is 7.29. The Bertz CT molecular complexity index is 974. The van der Waals surface area contributed by atoms with Crippen LogP contribution in [-0.2, 0) is 4.74 Å². The number of carbonyl (C=O) groups excluding carboxylic acids is 1. The van der Waals surface area contributed by atoms with Gasteiger partial charge in [0.15, 0.2) is 5.82 Å². The lowest BCUT2D eigenvalue weighted by Crippen LogP contribution is -2.37. The number of benzene rings is 2. The predicted octanol–water partition coefficient (Wildman–Crippen LogP) is 4.12. The van der Waals surface area contributed by atoms with Crippen molar-refractivity contribution in [2.24, 2.45) is 0 Å². The first-order chi connectivity index (χ1) is 14.2. The molecule has 3 aromatic rings. The Balaban J connectivity index is 1.45. The van der Waals surface area contributed by atoms with Gasteiger partial charge in [-0.1, -0.05) is 15.9 Å². The smallest absolute Gasteiger partial charge is 0.263 e. The number of carbonyl (C=O) groups is 1. The molecular formula is C21H19BrN4O3. The number of halogens is 1. The monoisotopic (exact) mass is 454 g/mol. The van der Waals surface area contributed by atoms with E-state index >= 15 is 0 Å². The molecule has 1 aliphatic rings. The molecule has 0 saturated carbocycles. The van der Waals surface area contributed by atoms with E-state index in [0.717, 1.165) is 23.2 Å². The summed E-state index contributed by atoms with van der Waals surface area (Å²) in [4.78, 5) is 23.2. The van der Waals surface area contributed by atoms with Gasteiger partial charge in [-0.2, -0.15) is 0 Å². The molecule has 0 atom stereocenters. The van der Waals surface area contributed by atoms with Crippen LogP contribution in [0, 0.1) is 0 Å². The maximum absolute atomic E-state index is 12.4. The minimum Gasteiger partial charge on any atom is -0.436 e. The van der Waals surface area contributed by atoms with Gasteiger partial charge in [-0.25, -0.2) is 9.97 Å². The topological polar surface area (TPSA) is 76.6 Å². The van der Waals surface area contributed by atoms with Crippen LogP contribution in [0.2, 0.25) is 0 Å². The zero-order valence-corrected chi connectivity index (χ0v) is 17.1. The van der Waals surface area contributed by atoms with Crippen molar-refractivity contribution >= 4 is 33.3 Å². The van der Waals surface area contributed by atoms with Gasteiger partial charge in [-0.15, -0.1) is 0 Å². The van der Waals surface area contributed by atoms with E-state index in [1.165, 1.54) is 0 Å². The fraction of sp³-hybridized carbons (Fsp3) is 0.190. The van der Waals surface area contributed by atoms with Crippen molar-refractivity contribution in [3.63, 3.8) is 0 Å². The third kappa shape index (κ3) is 4.90. The van der Waals surface area contributed by atoms with Crippen LogP contribution < -0.4 is 15.0 Å². The Morgan fingerprint density at radius 3 is 2.41 bits per heavy atom. The summed E-state index contributed by atoms with van der Waals surface area (Å²) in [6, 6.07) is 14.3. The van der Waals surface area contributed by atoms with Crippen molar-refractivity contribution in [2.75, 3.05) is 36.5 Å². The van der Waals surface area contributed by atoms with Crippen LogP contribution >= 0.6 is 15.9 Å². The van der Waals surface area contributed by atoms with Crippen molar-refractivity contribution < 1.29 is 14.3 Å². The zero-order chi connectivity index (χ0) is 20.1. The number of ether oxygens (including phenoxy) is 2. The molecule has 0 unspecified atom stereocenters. The van der Waals surface area contributed by atoms with Gasteiger partial charge < -0.3 is 19.7 Å². The fourth-order valence-corrected chi connectivity index (χ4v) is 3.17. The Morgan fingerprint density at radius 2 is 1.69 bits per heavy atom. The molecule has 7 nitrogen and oxygen atoms in total. The number of hydrogen-bond acceptors (Lipinski definition) is 6. The van der Waals surface area contributed by atoms with Crippen molar-refractivity contribution in [1.29, 1.82) is 0 Å². The number of aromatic nitrogens is 2. The maximum atomic E-state index is 12.4. The first kappa shape index (κ1) is 19.4. The molecule has 0 bridgehead atoms. The summed E-state index contributed by atoms with van der Waals surface area (Å²) in [5.41, 5.74) is 1.26. The van der Waals surface area contributed by atoms with E-state index in [0.29, 0.717) is 36.2 Å². The molecule has 1 aliphatic heterocycles. The molecule has 29 heavy (non-hydrogen) atoms. The van der Waals surface area contributed by atoms with E-state index in [1.54, 1.807) is 36.7 Å². The molecule has 1 amide bonds. The van der Waals surface area contributed by atoms with Gasteiger partial charge >= 0.3 is 0 Å². The SMILES string of the molecule is O=C(Nc1ccc(Br)cc1)c1ccc(Oc2nccnc2N2CCOCC2)cc1. The summed E-state index contributed by atoms with van der Waals surface area (Å²) in [5, 5.41) is 2.87. The van der Waals surface area contributed by atoms with Crippen molar-refractivity contribution in [2.45, 2.75) is 0 Å². The minimum absolute atomic E-state index is 0.188. The molecule has 0 spiro atoms. The summed E-state index contributed by atoms with van der Waals surface area (Å²) >= 11 is 3.38. The molecule has 4 rings (SSSR count). The number of anilines is 2. The molecular weight excluding hydrogens is 436 g/mol. The Kier molecular flexibility index (Phi) is 6.02. The average molecular weight is 455 g/mol. The van der Waals surface area contributed by atoms with Crippen LogP contribution in [0.3, 0.4) is 0 Å². The van der Waals surface area contributed by atoms with Crippen molar-refractivity contribution in [3.05, 3.63) is 71.0 Å². The van der Waals surface area contributed by atoms with Gasteiger partial charge in [-0.05, 0) is 48.5 Å². The molecule has 2 heterocycles. The van der Waals surface area contributed by atoms with Gasteiger partial charge in [0.05, 0.1) is 13.2 Å². The van der Waals surface area contributed by atoms with Gasteiger partial charge in [-0.3, -0.25) is 4.79 Å². The second kappa shape index (κ2) is 9.02. The van der Waals surface area contributed by atoms with E-state index in [-0.39, 0.29) is 5.91 Å². The summed E-state index contributed by atoms with van der Waals surface area (Å²) in [6.45, 7) is 2.78. The maximum Gasteiger partial charge on any atom is 0.263 e. The normalized spacial score (nSPS) is 13.8. The van der Waals surface area contributed by atoms with Crippen molar-refractivity contribution in [1.82, 2.24) is 9.97 Å². The summed E-state index contributed by atoms with van der Waals surface area (Å²) < 4.78 is 12.3. The van der Waals surface area contributed by atoms with E-state index in [1.807, 2.05) is 24.3 Å². The number of nitrogens with one attached hydrogen (secondary N) is 1. The molecule has 0 radical (unpaired) electrons. The second-order valence-electron chi connectivity index (χ2n) is 6.37. The fourth-order valence-electron chi connectivity index (χ4n) is 2.90. The largest absolute Gasteiger partial charge is 0.436 e. The lowest BCUT2D eigenvalue weighted by atomic mass is 10.2. The number of rotatable bonds is 5. The average Bonchev–Trinajstić information content (AvgIpc) is 2.77. The highest BCUT2D eigenvalue weighted by molar-refractivity contribution is 9.10. The molecule has 148 valence electrons. The number of hydrogen-bond donors (Lipinski definition) is 1. The van der Waals surface area contributed by atoms with E-state index in [2.05, 4.69) is 36.1 Å². The minimum atomic E-state index is -0.188. The van der Waals surface area contributed by atoms with Crippen LogP contribution in [0.1, 0.15) is 10.4 Å². The van der Waals surface area contributed by atoms with Crippen LogP contribution in [0.15, 0.2) is 65.4 Å². The Morgan fingerprint density at radius 1 is 1.00 bits per heavy atom. The third-order valence-corrected chi connectivity index (χ3v) is 4.92. The van der Waals surface area contributed by atoms with Gasteiger partial charge in [0, 0.05) is 41.2 Å². The number of nitrogens with zero attached hydrogens (tertiary/aromatic N) is 3. The standard InChI is InChI=1S/C21H19BrN4O3/c22-16-3-5-17(6-4-16)25-20(27)15-1-7-18(8-2-15)29-21-19(23-9-10-24-21)26-11-13-28-14-12-26/h1-10H,11-14H2,(H,25,27). The molecule has 2 aromatic carbocycles. The van der Waals surface area contributed by atoms with Gasteiger partial charge in [0.2, 0.25) is 0 Å². The van der Waals surface area contributed by atoms with E-state index in [9.17, 15) is 4.79 Å². The molecule has 1 saturated heterocycles. The highest BCUT2D eigenvalue weighted by Crippen LogP contribution is 2.28. The van der Waals surface area contributed by atoms with Crippen LogP contribution in [0.5, 0.6) is 11.6 Å². The van der Waals surface area contributed by atoms with E-state index < -0.39 is 0 Å². The third-order valence-electron chi connectivity index (χ3n) is 4.39. The molecule has 1 N–H and O–H groups in total. The van der Waals surface area contributed by atoms with Gasteiger partial charge in [0.25, 0.3) is 11.8 Å². The first-order valence-electron chi connectivity index (χ1n) is 9.17. The van der Waals surface area contributed by atoms with Gasteiger partial charge in [0.1, 0.15) is 5.75 Å². The van der Waals surface area contributed by atoms with Crippen LogP contribution in [-0.4, -0.2) is 42.2 Å². The lowest BCUT2D eigenvalue weighted by molar-refractivity contribution is 0.102. The number of amides is 1. The van der Waals surface area contributed by atoms with Crippen LogP contribution in [0.25, 0.3) is 0 Å². The van der Waals surface area contributed by atoms with E-state index in [4.69, 9.17) is 9.47 Å². The summed E-state index contributed by atoms with van der Waals surface area (Å²) in [6.07, 6.45) is 3.24. The Hall–Kier alpha value is -2.97. The summed E-state index contributed by atoms with van der Waals surface area (Å²) in [7, 11) is 0. The highest BCUT2D eigenvalue weighted by atomic mass is 79.9. The first-order valence-corrected chi connectivity index (χ1v) is 9.97. The molecule has 8 heteroatoms. The number of morpholine rings is 1. The summed E-state index contributed by atoms with van der Waals surface area (Å²) in [5.74, 6) is 1.52. The Labute approximate surface area is 176 Å².